The van der Waals surface area contributed by atoms with Gasteiger partial charge in [0.25, 0.3) is 0 Å². The monoisotopic (exact) mass is 446 g/mol. The molecular formula is C24H35FN4O3. The standard InChI is InChI=1S/C24H31FN4O3.2H2/c1-16(2)29(3)22(30)13-28-15-32-14-18-8-12-21(27)23(24(18)31-4)20(26)11-7-17-5-9-19(25)10-6-17;;/h5-12,16,26,28H,13-15,27H2,1-4H3;2*1H/b11-7+,26-20?;;. The van der Waals surface area contributed by atoms with Crippen molar-refractivity contribution in [2.75, 3.05) is 33.2 Å². The summed E-state index contributed by atoms with van der Waals surface area (Å²) in [6.07, 6.45) is 3.30. The summed E-state index contributed by atoms with van der Waals surface area (Å²) in [6.45, 7) is 4.48. The maximum atomic E-state index is 13.1. The maximum absolute atomic E-state index is 13.1. The van der Waals surface area contributed by atoms with Crippen LogP contribution in [0, 0.1) is 11.2 Å². The number of halogens is 1. The van der Waals surface area contributed by atoms with Crippen LogP contribution in [-0.4, -0.2) is 50.0 Å². The highest BCUT2D eigenvalue weighted by Crippen LogP contribution is 2.30. The third-order valence-electron chi connectivity index (χ3n) is 4.96. The zero-order valence-electron chi connectivity index (χ0n) is 18.9. The average molecular weight is 447 g/mol. The van der Waals surface area contributed by atoms with E-state index < -0.39 is 0 Å². The molecule has 8 heteroatoms. The number of carbonyl (C=O) groups excluding carboxylic acids is 1. The van der Waals surface area contributed by atoms with E-state index in [-0.39, 0.29) is 46.2 Å². The Morgan fingerprint density at radius 2 is 1.97 bits per heavy atom. The fourth-order valence-corrected chi connectivity index (χ4v) is 2.91. The number of rotatable bonds is 11. The molecule has 0 heterocycles. The molecule has 0 saturated carbocycles. The van der Waals surface area contributed by atoms with Crippen LogP contribution in [0.3, 0.4) is 0 Å². The molecule has 0 bridgehead atoms. The van der Waals surface area contributed by atoms with Gasteiger partial charge in [0.2, 0.25) is 5.91 Å². The Balaban J connectivity index is 0.00000544. The van der Waals surface area contributed by atoms with Gasteiger partial charge >= 0.3 is 0 Å². The third kappa shape index (κ3) is 6.90. The first-order valence-corrected chi connectivity index (χ1v) is 10.3. The fourth-order valence-electron chi connectivity index (χ4n) is 2.91. The van der Waals surface area contributed by atoms with Crippen LogP contribution in [-0.2, 0) is 16.1 Å². The van der Waals surface area contributed by atoms with Crippen molar-refractivity contribution < 1.29 is 21.5 Å². The second-order valence-corrected chi connectivity index (χ2v) is 7.54. The Kier molecular flexibility index (Phi) is 9.37. The molecule has 1 amide bonds. The van der Waals surface area contributed by atoms with Crippen molar-refractivity contribution in [3.8, 4) is 5.75 Å². The van der Waals surface area contributed by atoms with Crippen molar-refractivity contribution in [3.05, 3.63) is 65.0 Å². The van der Waals surface area contributed by atoms with E-state index in [1.165, 1.54) is 19.2 Å². The number of carbonyl (C=O) groups is 1. The molecule has 0 saturated heterocycles. The molecule has 2 aromatic rings. The number of allylic oxidation sites excluding steroid dienone is 1. The van der Waals surface area contributed by atoms with Crippen LogP contribution in [0.15, 0.2) is 42.5 Å². The number of anilines is 1. The second-order valence-electron chi connectivity index (χ2n) is 7.54. The van der Waals surface area contributed by atoms with E-state index in [9.17, 15) is 9.18 Å². The zero-order valence-corrected chi connectivity index (χ0v) is 18.9. The van der Waals surface area contributed by atoms with Gasteiger partial charge in [-0.15, -0.1) is 0 Å². The lowest BCUT2D eigenvalue weighted by atomic mass is 10.0. The molecule has 0 spiro atoms. The highest BCUT2D eigenvalue weighted by molar-refractivity contribution is 6.13. The molecule has 2 aromatic carbocycles. The number of benzene rings is 2. The third-order valence-corrected chi connectivity index (χ3v) is 4.96. The summed E-state index contributed by atoms with van der Waals surface area (Å²) >= 11 is 0. The molecule has 4 N–H and O–H groups in total. The van der Waals surface area contributed by atoms with Gasteiger partial charge in [-0.1, -0.05) is 24.3 Å². The molecule has 0 atom stereocenters. The minimum atomic E-state index is -0.318. The molecule has 0 aliphatic rings. The van der Waals surface area contributed by atoms with Crippen molar-refractivity contribution in [1.82, 2.24) is 10.2 Å². The Morgan fingerprint density at radius 3 is 2.59 bits per heavy atom. The van der Waals surface area contributed by atoms with Gasteiger partial charge in [0, 0.05) is 27.2 Å². The van der Waals surface area contributed by atoms with E-state index in [2.05, 4.69) is 5.32 Å². The molecule has 0 fully saturated rings. The number of ether oxygens (including phenoxy) is 2. The first kappa shape index (κ1) is 25.0. The Morgan fingerprint density at radius 1 is 1.28 bits per heavy atom. The highest BCUT2D eigenvalue weighted by atomic mass is 19.1. The van der Waals surface area contributed by atoms with Crippen LogP contribution in [0.5, 0.6) is 5.75 Å². The lowest BCUT2D eigenvalue weighted by molar-refractivity contribution is -0.130. The van der Waals surface area contributed by atoms with Crippen LogP contribution in [0.1, 0.15) is 33.4 Å². The number of amides is 1. The van der Waals surface area contributed by atoms with Gasteiger partial charge in [0.1, 0.15) is 11.6 Å². The van der Waals surface area contributed by atoms with E-state index in [0.29, 0.717) is 17.0 Å². The molecule has 176 valence electrons. The topological polar surface area (TPSA) is 101 Å². The van der Waals surface area contributed by atoms with E-state index in [1.54, 1.807) is 48.4 Å². The van der Waals surface area contributed by atoms with Gasteiger partial charge in [0.05, 0.1) is 38.3 Å². The number of nitrogens with one attached hydrogen (secondary N) is 2. The first-order chi connectivity index (χ1) is 15.2. The van der Waals surface area contributed by atoms with Crippen molar-refractivity contribution in [1.29, 1.82) is 5.41 Å². The van der Waals surface area contributed by atoms with Crippen LogP contribution in [0.25, 0.3) is 6.08 Å². The first-order valence-electron chi connectivity index (χ1n) is 10.3. The SMILES string of the molecule is COc1c(COCNCC(=O)N(C)C(C)C)ccc(N)c1C(=N)/C=C/c1ccc(F)cc1.[HH].[HH]. The number of methoxy groups -OCH3 is 1. The summed E-state index contributed by atoms with van der Waals surface area (Å²) in [5.41, 5.74) is 8.62. The van der Waals surface area contributed by atoms with E-state index in [4.69, 9.17) is 20.6 Å². The zero-order chi connectivity index (χ0) is 23.7. The molecule has 0 aliphatic heterocycles. The van der Waals surface area contributed by atoms with Crippen molar-refractivity contribution in [3.63, 3.8) is 0 Å². The quantitative estimate of drug-likeness (QED) is 0.210. The normalized spacial score (nSPS) is 11.2. The Hall–Kier alpha value is -3.23. The van der Waals surface area contributed by atoms with Gasteiger partial charge in [-0.25, -0.2) is 4.39 Å². The number of nitrogens with two attached hydrogens (primary N) is 1. The van der Waals surface area contributed by atoms with Crippen LogP contribution in [0.2, 0.25) is 0 Å². The second kappa shape index (κ2) is 12.0. The summed E-state index contributed by atoms with van der Waals surface area (Å²) in [5.74, 6) is 0.119. The number of nitrogens with zero attached hydrogens (tertiary/aromatic N) is 1. The van der Waals surface area contributed by atoms with E-state index >= 15 is 0 Å². The van der Waals surface area contributed by atoms with Gasteiger partial charge in [-0.05, 0) is 43.7 Å². The summed E-state index contributed by atoms with van der Waals surface area (Å²) in [4.78, 5) is 13.6. The molecule has 0 unspecified atom stereocenters. The molecule has 0 radical (unpaired) electrons. The highest BCUT2D eigenvalue weighted by Gasteiger charge is 2.16. The van der Waals surface area contributed by atoms with Gasteiger partial charge in [-0.3, -0.25) is 10.1 Å². The Labute approximate surface area is 191 Å². The molecule has 7 nitrogen and oxygen atoms in total. The number of likely N-dealkylation sites (N-methyl/N-ethyl adjacent to an activating group) is 1. The lowest BCUT2D eigenvalue weighted by Gasteiger charge is -2.21. The van der Waals surface area contributed by atoms with Crippen molar-refractivity contribution >= 4 is 23.4 Å². The van der Waals surface area contributed by atoms with Crippen LogP contribution >= 0.6 is 0 Å². The predicted molar refractivity (Wildman–Crippen MR) is 129 cm³/mol. The summed E-state index contributed by atoms with van der Waals surface area (Å²) in [6, 6.07) is 9.59. The minimum absolute atomic E-state index is 0. The van der Waals surface area contributed by atoms with Crippen LogP contribution in [0.4, 0.5) is 10.1 Å². The van der Waals surface area contributed by atoms with Crippen molar-refractivity contribution in [2.45, 2.75) is 26.5 Å². The summed E-state index contributed by atoms with van der Waals surface area (Å²) in [7, 11) is 3.27. The molecule has 32 heavy (non-hydrogen) atoms. The van der Waals surface area contributed by atoms with Crippen LogP contribution < -0.4 is 15.8 Å². The molecular weight excluding hydrogens is 411 g/mol. The van der Waals surface area contributed by atoms with Crippen molar-refractivity contribution in [2.24, 2.45) is 0 Å². The summed E-state index contributed by atoms with van der Waals surface area (Å²) < 4.78 is 24.2. The van der Waals surface area contributed by atoms with Gasteiger partial charge < -0.3 is 25.5 Å². The lowest BCUT2D eigenvalue weighted by Crippen LogP contribution is -2.39. The molecule has 0 aromatic heterocycles. The fraction of sp³-hybridized carbons (Fsp3) is 0.333. The molecule has 2 rings (SSSR count). The molecule has 0 aliphatic carbocycles. The maximum Gasteiger partial charge on any atom is 0.236 e. The van der Waals surface area contributed by atoms with E-state index in [1.807, 2.05) is 13.8 Å². The number of hydrogen-bond acceptors (Lipinski definition) is 6. The summed E-state index contributed by atoms with van der Waals surface area (Å²) in [5, 5.41) is 11.4. The number of nitrogen functional groups attached to an aromatic ring is 1. The number of hydrogen-bond donors (Lipinski definition) is 3. The smallest absolute Gasteiger partial charge is 0.236 e. The van der Waals surface area contributed by atoms with Gasteiger partial charge in [-0.2, -0.15) is 0 Å². The Bertz CT molecular complexity index is 969. The largest absolute Gasteiger partial charge is 0.496 e. The minimum Gasteiger partial charge on any atom is -0.496 e. The van der Waals surface area contributed by atoms with E-state index in [0.717, 1.165) is 11.1 Å². The van der Waals surface area contributed by atoms with Gasteiger partial charge in [0.15, 0.2) is 0 Å². The average Bonchev–Trinajstić information content (AvgIpc) is 2.77. The predicted octanol–water partition coefficient (Wildman–Crippen LogP) is 3.92.